The van der Waals surface area contributed by atoms with Crippen LogP contribution in [0, 0.1) is 12.8 Å². The maximum Gasteiger partial charge on any atom is 0.417 e. The Labute approximate surface area is 208 Å². The van der Waals surface area contributed by atoms with Crippen molar-refractivity contribution in [2.75, 3.05) is 5.32 Å². The molecule has 0 unspecified atom stereocenters. The van der Waals surface area contributed by atoms with Crippen LogP contribution in [-0.4, -0.2) is 27.8 Å². The van der Waals surface area contributed by atoms with Crippen molar-refractivity contribution < 1.29 is 23.1 Å². The molecule has 188 valence electrons. The fourth-order valence-corrected chi connectivity index (χ4v) is 6.19. The molecule has 7 heteroatoms. The number of nitrogens with zero attached hydrogens (tertiary/aromatic N) is 1. The van der Waals surface area contributed by atoms with E-state index in [0.717, 1.165) is 16.7 Å². The molecule has 2 aliphatic carbocycles. The number of carbonyl (C=O) groups is 1. The van der Waals surface area contributed by atoms with Crippen molar-refractivity contribution in [3.63, 3.8) is 0 Å². The molecule has 0 aliphatic heterocycles. The van der Waals surface area contributed by atoms with E-state index in [4.69, 9.17) is 0 Å². The molecule has 5 rings (SSSR count). The number of aliphatic hydroxyl groups is 1. The first-order valence-electron chi connectivity index (χ1n) is 12.3. The van der Waals surface area contributed by atoms with Crippen LogP contribution in [0.25, 0.3) is 0 Å². The van der Waals surface area contributed by atoms with Gasteiger partial charge in [-0.25, -0.2) is 0 Å². The van der Waals surface area contributed by atoms with Crippen molar-refractivity contribution in [3.8, 4) is 0 Å². The molecule has 2 aliphatic rings. The summed E-state index contributed by atoms with van der Waals surface area (Å²) < 4.78 is 41.3. The van der Waals surface area contributed by atoms with Crippen molar-refractivity contribution >= 4 is 11.6 Å². The number of alkyl halides is 3. The van der Waals surface area contributed by atoms with Crippen molar-refractivity contribution in [3.05, 3.63) is 94.8 Å². The van der Waals surface area contributed by atoms with Crippen LogP contribution in [0.1, 0.15) is 58.4 Å². The van der Waals surface area contributed by atoms with E-state index >= 15 is 0 Å². The smallest absolute Gasteiger partial charge is 0.380 e. The molecule has 3 aromatic rings. The van der Waals surface area contributed by atoms with Gasteiger partial charge < -0.3 is 10.4 Å². The maximum atomic E-state index is 13.8. The van der Waals surface area contributed by atoms with Gasteiger partial charge in [0.1, 0.15) is 0 Å². The van der Waals surface area contributed by atoms with E-state index in [0.29, 0.717) is 36.2 Å². The fourth-order valence-electron chi connectivity index (χ4n) is 6.19. The zero-order valence-electron chi connectivity index (χ0n) is 20.1. The average Bonchev–Trinajstić information content (AvgIpc) is 2.85. The highest BCUT2D eigenvalue weighted by atomic mass is 19.4. The lowest BCUT2D eigenvalue weighted by atomic mass is 9.52. The molecule has 0 saturated heterocycles. The van der Waals surface area contributed by atoms with Crippen LogP contribution in [0.5, 0.6) is 0 Å². The molecule has 1 heterocycles. The van der Waals surface area contributed by atoms with Crippen molar-refractivity contribution in [2.24, 2.45) is 5.92 Å². The molecule has 2 aromatic carbocycles. The number of amides is 1. The SMILES string of the molecule is Cc1ncccc1NC(=O)c1ccc2c(c1)CC[C@@H]1C[C@](O)(C(F)(F)F)CC[C@]21Cc1ccccc1. The Morgan fingerprint density at radius 2 is 1.89 bits per heavy atom. The summed E-state index contributed by atoms with van der Waals surface area (Å²) in [6.07, 6.45) is -1.69. The van der Waals surface area contributed by atoms with Crippen LogP contribution >= 0.6 is 0 Å². The molecular formula is C29H29F3N2O2. The van der Waals surface area contributed by atoms with Crippen LogP contribution < -0.4 is 5.32 Å². The first kappa shape index (κ1) is 24.5. The Kier molecular flexibility index (Phi) is 6.15. The fraction of sp³-hybridized carbons (Fsp3) is 0.379. The predicted octanol–water partition coefficient (Wildman–Crippen LogP) is 6.16. The Balaban J connectivity index is 1.51. The second-order valence-corrected chi connectivity index (χ2v) is 10.3. The average molecular weight is 495 g/mol. The van der Waals surface area contributed by atoms with E-state index in [9.17, 15) is 23.1 Å². The summed E-state index contributed by atoms with van der Waals surface area (Å²) in [6.45, 7) is 1.82. The van der Waals surface area contributed by atoms with E-state index in [-0.39, 0.29) is 31.1 Å². The van der Waals surface area contributed by atoms with Gasteiger partial charge in [0.15, 0.2) is 5.60 Å². The minimum Gasteiger partial charge on any atom is -0.380 e. The second kappa shape index (κ2) is 9.04. The normalized spacial score (nSPS) is 25.5. The third-order valence-electron chi connectivity index (χ3n) is 8.16. The predicted molar refractivity (Wildman–Crippen MR) is 132 cm³/mol. The molecule has 0 spiro atoms. The lowest BCUT2D eigenvalue weighted by molar-refractivity contribution is -0.279. The standard InChI is InChI=1S/C29H29F3N2O2/c1-19-25(8-5-15-33-19)34-26(35)22-10-12-24-21(16-22)9-11-23-18-28(36,29(30,31)32)14-13-27(23,24)17-20-6-3-2-4-7-20/h2-8,10,12,15-16,23,36H,9,11,13-14,17-18H2,1H3,(H,34,35)/t23-,27-,28+/m1/s1. The Hall–Kier alpha value is -3.19. The molecule has 1 fully saturated rings. The summed E-state index contributed by atoms with van der Waals surface area (Å²) >= 11 is 0. The number of halogens is 3. The largest absolute Gasteiger partial charge is 0.417 e. The van der Waals surface area contributed by atoms with Gasteiger partial charge in [0.25, 0.3) is 5.91 Å². The van der Waals surface area contributed by atoms with E-state index < -0.39 is 17.2 Å². The number of pyridine rings is 1. The number of fused-ring (bicyclic) bond motifs is 3. The molecule has 0 bridgehead atoms. The third-order valence-corrected chi connectivity index (χ3v) is 8.16. The minimum atomic E-state index is -4.65. The van der Waals surface area contributed by atoms with Crippen molar-refractivity contribution in [1.82, 2.24) is 4.98 Å². The topological polar surface area (TPSA) is 62.2 Å². The highest BCUT2D eigenvalue weighted by Crippen LogP contribution is 2.57. The number of rotatable bonds is 4. The van der Waals surface area contributed by atoms with Gasteiger partial charge in [-0.2, -0.15) is 13.2 Å². The van der Waals surface area contributed by atoms with Gasteiger partial charge in [0.05, 0.1) is 11.4 Å². The zero-order valence-corrected chi connectivity index (χ0v) is 20.1. The van der Waals surface area contributed by atoms with E-state index in [2.05, 4.69) is 10.3 Å². The Morgan fingerprint density at radius 3 is 2.61 bits per heavy atom. The summed E-state index contributed by atoms with van der Waals surface area (Å²) in [6, 6.07) is 18.9. The highest BCUT2D eigenvalue weighted by Gasteiger charge is 2.61. The molecule has 1 saturated carbocycles. The highest BCUT2D eigenvalue weighted by molar-refractivity contribution is 6.04. The number of nitrogens with one attached hydrogen (secondary N) is 1. The van der Waals surface area contributed by atoms with Gasteiger partial charge in [-0.3, -0.25) is 9.78 Å². The number of benzene rings is 2. The maximum absolute atomic E-state index is 13.8. The van der Waals surface area contributed by atoms with Gasteiger partial charge >= 0.3 is 6.18 Å². The summed E-state index contributed by atoms with van der Waals surface area (Å²) in [4.78, 5) is 17.2. The van der Waals surface area contributed by atoms with Crippen molar-refractivity contribution in [1.29, 1.82) is 0 Å². The number of carbonyl (C=O) groups excluding carboxylic acids is 1. The van der Waals surface area contributed by atoms with Crippen LogP contribution in [0.4, 0.5) is 18.9 Å². The quantitative estimate of drug-likeness (QED) is 0.457. The lowest BCUT2D eigenvalue weighted by Gasteiger charge is -2.53. The van der Waals surface area contributed by atoms with Crippen LogP contribution in [0.15, 0.2) is 66.9 Å². The Bertz CT molecular complexity index is 1280. The second-order valence-electron chi connectivity index (χ2n) is 10.3. The van der Waals surface area contributed by atoms with E-state index in [1.165, 1.54) is 0 Å². The van der Waals surface area contributed by atoms with Gasteiger partial charge in [-0.05, 0) is 92.3 Å². The minimum absolute atomic E-state index is 0.232. The molecule has 1 amide bonds. The Morgan fingerprint density at radius 1 is 1.11 bits per heavy atom. The van der Waals surface area contributed by atoms with Crippen LogP contribution in [0.2, 0.25) is 0 Å². The van der Waals surface area contributed by atoms with Gasteiger partial charge in [0, 0.05) is 17.2 Å². The number of hydrogen-bond donors (Lipinski definition) is 2. The van der Waals surface area contributed by atoms with Crippen molar-refractivity contribution in [2.45, 2.75) is 62.6 Å². The third kappa shape index (κ3) is 4.30. The van der Waals surface area contributed by atoms with Crippen LogP contribution in [-0.2, 0) is 18.3 Å². The number of aromatic nitrogens is 1. The van der Waals surface area contributed by atoms with Crippen LogP contribution in [0.3, 0.4) is 0 Å². The molecule has 4 nitrogen and oxygen atoms in total. The molecule has 1 aromatic heterocycles. The van der Waals surface area contributed by atoms with Gasteiger partial charge in [-0.1, -0.05) is 36.4 Å². The number of hydrogen-bond acceptors (Lipinski definition) is 3. The van der Waals surface area contributed by atoms with E-state index in [1.807, 2.05) is 49.4 Å². The molecular weight excluding hydrogens is 465 g/mol. The monoisotopic (exact) mass is 494 g/mol. The number of aryl methyl sites for hydroxylation is 2. The van der Waals surface area contributed by atoms with Gasteiger partial charge in [0.2, 0.25) is 0 Å². The first-order chi connectivity index (χ1) is 17.1. The molecule has 36 heavy (non-hydrogen) atoms. The summed E-state index contributed by atoms with van der Waals surface area (Å²) in [7, 11) is 0. The van der Waals surface area contributed by atoms with Gasteiger partial charge in [-0.15, -0.1) is 0 Å². The summed E-state index contributed by atoms with van der Waals surface area (Å²) in [5, 5.41) is 13.5. The molecule has 0 radical (unpaired) electrons. The number of anilines is 1. The zero-order chi connectivity index (χ0) is 25.6. The van der Waals surface area contributed by atoms with E-state index in [1.54, 1.807) is 24.4 Å². The molecule has 2 N–H and O–H groups in total. The first-order valence-corrected chi connectivity index (χ1v) is 12.3. The molecule has 3 atom stereocenters. The summed E-state index contributed by atoms with van der Waals surface area (Å²) in [5.74, 6) is -0.563. The lowest BCUT2D eigenvalue weighted by Crippen LogP contribution is -2.56. The summed E-state index contributed by atoms with van der Waals surface area (Å²) in [5.41, 5.74) is 1.73.